The van der Waals surface area contributed by atoms with Crippen molar-refractivity contribution in [2.24, 2.45) is 5.92 Å². The second-order valence-electron chi connectivity index (χ2n) is 5.22. The Labute approximate surface area is 122 Å². The summed E-state index contributed by atoms with van der Waals surface area (Å²) in [6.07, 6.45) is 0.190. The van der Waals surface area contributed by atoms with Crippen LogP contribution in [0.5, 0.6) is 5.75 Å². The van der Waals surface area contributed by atoms with E-state index in [9.17, 15) is 20.0 Å². The highest BCUT2D eigenvalue weighted by Crippen LogP contribution is 2.20. The molecule has 0 saturated carbocycles. The number of nitro groups is 1. The van der Waals surface area contributed by atoms with Crippen LogP contribution in [-0.4, -0.2) is 46.6 Å². The Kier molecular flexibility index (Phi) is 4.74. The lowest BCUT2D eigenvalue weighted by Gasteiger charge is -2.34. The number of non-ortho nitro benzene ring substituents is 1. The molecule has 1 aliphatic rings. The van der Waals surface area contributed by atoms with Crippen molar-refractivity contribution in [3.05, 3.63) is 34.4 Å². The molecule has 0 bridgehead atoms. The van der Waals surface area contributed by atoms with Gasteiger partial charge >= 0.3 is 0 Å². The summed E-state index contributed by atoms with van der Waals surface area (Å²) in [6.45, 7) is 2.73. The third kappa shape index (κ3) is 3.91. The van der Waals surface area contributed by atoms with Crippen molar-refractivity contribution in [2.75, 3.05) is 19.7 Å². The Balaban J connectivity index is 1.89. The number of hydrogen-bond donors (Lipinski definition) is 1. The van der Waals surface area contributed by atoms with Gasteiger partial charge in [0.2, 0.25) is 0 Å². The zero-order valence-corrected chi connectivity index (χ0v) is 11.8. The van der Waals surface area contributed by atoms with Crippen LogP contribution in [0.1, 0.15) is 13.3 Å². The van der Waals surface area contributed by atoms with Crippen molar-refractivity contribution in [1.82, 2.24) is 4.90 Å². The zero-order chi connectivity index (χ0) is 15.4. The lowest BCUT2D eigenvalue weighted by molar-refractivity contribution is -0.384. The Bertz CT molecular complexity index is 534. The summed E-state index contributed by atoms with van der Waals surface area (Å²) in [4.78, 5) is 23.8. The third-order valence-corrected chi connectivity index (χ3v) is 3.60. The molecule has 0 radical (unpaired) electrons. The number of nitro benzene ring substituents is 1. The molecular formula is C14H18N2O5. The molecule has 1 aromatic carbocycles. The molecule has 7 nitrogen and oxygen atoms in total. The lowest BCUT2D eigenvalue weighted by Crippen LogP contribution is -2.46. The average molecular weight is 294 g/mol. The molecule has 1 aliphatic heterocycles. The van der Waals surface area contributed by atoms with Crippen LogP contribution in [0.15, 0.2) is 24.3 Å². The van der Waals surface area contributed by atoms with Gasteiger partial charge in [0, 0.05) is 19.2 Å². The summed E-state index contributed by atoms with van der Waals surface area (Å²) in [6, 6.07) is 5.73. The standard InChI is InChI=1S/C14H18N2O5/c1-10-8-15(6-5-13(10)17)14(18)9-21-12-4-2-3-11(7-12)16(19)20/h2-4,7,10,13,17H,5-6,8-9H2,1H3. The van der Waals surface area contributed by atoms with Gasteiger partial charge in [-0.05, 0) is 18.4 Å². The second-order valence-corrected chi connectivity index (χ2v) is 5.22. The maximum Gasteiger partial charge on any atom is 0.273 e. The van der Waals surface area contributed by atoms with Crippen molar-refractivity contribution < 1.29 is 19.6 Å². The highest BCUT2D eigenvalue weighted by atomic mass is 16.6. The Morgan fingerprint density at radius 1 is 1.57 bits per heavy atom. The molecule has 2 atom stereocenters. The molecule has 0 spiro atoms. The van der Waals surface area contributed by atoms with E-state index in [1.807, 2.05) is 6.92 Å². The van der Waals surface area contributed by atoms with Crippen LogP contribution in [-0.2, 0) is 4.79 Å². The highest BCUT2D eigenvalue weighted by Gasteiger charge is 2.27. The van der Waals surface area contributed by atoms with Gasteiger partial charge in [0.1, 0.15) is 5.75 Å². The van der Waals surface area contributed by atoms with E-state index in [1.165, 1.54) is 18.2 Å². The van der Waals surface area contributed by atoms with Gasteiger partial charge < -0.3 is 14.7 Å². The molecular weight excluding hydrogens is 276 g/mol. The number of benzene rings is 1. The van der Waals surface area contributed by atoms with E-state index < -0.39 is 4.92 Å². The molecule has 0 aliphatic carbocycles. The maximum absolute atomic E-state index is 12.0. The Morgan fingerprint density at radius 2 is 2.33 bits per heavy atom. The Morgan fingerprint density at radius 3 is 3.00 bits per heavy atom. The average Bonchev–Trinajstić information content (AvgIpc) is 2.48. The number of ether oxygens (including phenoxy) is 1. The molecule has 1 aromatic rings. The number of hydrogen-bond acceptors (Lipinski definition) is 5. The first kappa shape index (κ1) is 15.2. The predicted octanol–water partition coefficient (Wildman–Crippen LogP) is 1.20. The molecule has 2 rings (SSSR count). The van der Waals surface area contributed by atoms with E-state index in [4.69, 9.17) is 4.74 Å². The number of carbonyl (C=O) groups excluding carboxylic acids is 1. The van der Waals surface area contributed by atoms with E-state index in [2.05, 4.69) is 0 Å². The number of nitrogens with zero attached hydrogens (tertiary/aromatic N) is 2. The SMILES string of the molecule is CC1CN(C(=O)COc2cccc([N+](=O)[O-])c2)CCC1O. The Hall–Kier alpha value is -2.15. The smallest absolute Gasteiger partial charge is 0.273 e. The molecule has 1 N–H and O–H groups in total. The summed E-state index contributed by atoms with van der Waals surface area (Å²) < 4.78 is 5.32. The molecule has 21 heavy (non-hydrogen) atoms. The number of aliphatic hydroxyl groups excluding tert-OH is 1. The van der Waals surface area contributed by atoms with Gasteiger partial charge in [0.25, 0.3) is 11.6 Å². The number of likely N-dealkylation sites (tertiary alicyclic amines) is 1. The summed E-state index contributed by atoms with van der Waals surface area (Å²) in [5.41, 5.74) is -0.0744. The highest BCUT2D eigenvalue weighted by molar-refractivity contribution is 5.77. The van der Waals surface area contributed by atoms with Crippen molar-refractivity contribution in [3.63, 3.8) is 0 Å². The molecule has 1 heterocycles. The van der Waals surface area contributed by atoms with Gasteiger partial charge in [-0.2, -0.15) is 0 Å². The minimum Gasteiger partial charge on any atom is -0.484 e. The van der Waals surface area contributed by atoms with Crippen LogP contribution in [0.4, 0.5) is 5.69 Å². The quantitative estimate of drug-likeness (QED) is 0.665. The van der Waals surface area contributed by atoms with Crippen LogP contribution < -0.4 is 4.74 Å². The zero-order valence-electron chi connectivity index (χ0n) is 11.8. The van der Waals surface area contributed by atoms with Crippen LogP contribution in [0.25, 0.3) is 0 Å². The molecule has 2 unspecified atom stereocenters. The fourth-order valence-electron chi connectivity index (χ4n) is 2.28. The van der Waals surface area contributed by atoms with Gasteiger partial charge in [0.05, 0.1) is 17.1 Å². The van der Waals surface area contributed by atoms with Crippen molar-refractivity contribution in [3.8, 4) is 5.75 Å². The molecule has 114 valence electrons. The number of aliphatic hydroxyl groups is 1. The topological polar surface area (TPSA) is 92.9 Å². The number of amides is 1. The van der Waals surface area contributed by atoms with Crippen LogP contribution in [0.3, 0.4) is 0 Å². The molecule has 0 aromatic heterocycles. The van der Waals surface area contributed by atoms with Crippen LogP contribution in [0, 0.1) is 16.0 Å². The minimum absolute atomic E-state index is 0.0421. The van der Waals surface area contributed by atoms with Crippen LogP contribution >= 0.6 is 0 Å². The normalized spacial score (nSPS) is 21.9. The fourth-order valence-corrected chi connectivity index (χ4v) is 2.28. The van der Waals surface area contributed by atoms with Gasteiger partial charge in [-0.3, -0.25) is 14.9 Å². The van der Waals surface area contributed by atoms with Gasteiger partial charge in [-0.25, -0.2) is 0 Å². The minimum atomic E-state index is -0.512. The van der Waals surface area contributed by atoms with E-state index >= 15 is 0 Å². The summed E-state index contributed by atoms with van der Waals surface area (Å²) in [5, 5.41) is 20.3. The van der Waals surface area contributed by atoms with Gasteiger partial charge in [-0.1, -0.05) is 13.0 Å². The summed E-state index contributed by atoms with van der Waals surface area (Å²) >= 11 is 0. The maximum atomic E-state index is 12.0. The van der Waals surface area contributed by atoms with E-state index in [-0.39, 0.29) is 30.2 Å². The molecule has 1 saturated heterocycles. The fraction of sp³-hybridized carbons (Fsp3) is 0.500. The first-order valence-electron chi connectivity index (χ1n) is 6.80. The molecule has 7 heteroatoms. The van der Waals surface area contributed by atoms with E-state index in [0.29, 0.717) is 25.3 Å². The first-order chi connectivity index (χ1) is 9.97. The van der Waals surface area contributed by atoms with E-state index in [1.54, 1.807) is 11.0 Å². The van der Waals surface area contributed by atoms with E-state index in [0.717, 1.165) is 0 Å². The largest absolute Gasteiger partial charge is 0.484 e. The monoisotopic (exact) mass is 294 g/mol. The van der Waals surface area contributed by atoms with Crippen molar-refractivity contribution in [2.45, 2.75) is 19.4 Å². The van der Waals surface area contributed by atoms with Crippen molar-refractivity contribution in [1.29, 1.82) is 0 Å². The van der Waals surface area contributed by atoms with Gasteiger partial charge in [0.15, 0.2) is 6.61 Å². The predicted molar refractivity (Wildman–Crippen MR) is 75.0 cm³/mol. The molecule has 1 fully saturated rings. The van der Waals surface area contributed by atoms with Gasteiger partial charge in [-0.15, -0.1) is 0 Å². The lowest BCUT2D eigenvalue weighted by atomic mass is 9.97. The third-order valence-electron chi connectivity index (χ3n) is 3.60. The number of rotatable bonds is 4. The summed E-state index contributed by atoms with van der Waals surface area (Å²) in [5.74, 6) is 0.156. The van der Waals surface area contributed by atoms with Crippen LogP contribution in [0.2, 0.25) is 0 Å². The number of carbonyl (C=O) groups is 1. The second kappa shape index (κ2) is 6.53. The molecule has 1 amide bonds. The first-order valence-corrected chi connectivity index (χ1v) is 6.80. The van der Waals surface area contributed by atoms with Crippen molar-refractivity contribution >= 4 is 11.6 Å². The summed E-state index contributed by atoms with van der Waals surface area (Å²) in [7, 11) is 0. The number of piperidine rings is 1.